The number of fused-ring (bicyclic) bond motifs is 2. The summed E-state index contributed by atoms with van der Waals surface area (Å²) in [6.45, 7) is 6.82. The molecule has 0 aliphatic carbocycles. The average Bonchev–Trinajstić information content (AvgIpc) is 3.10. The third-order valence-electron chi connectivity index (χ3n) is 6.19. The maximum atomic E-state index is 13.4. The number of aromatic nitrogens is 3. The van der Waals surface area contributed by atoms with Gasteiger partial charge in [0.25, 0.3) is 5.56 Å². The molecule has 0 aliphatic rings. The molecular formula is C28H24BrClN4O. The van der Waals surface area contributed by atoms with Gasteiger partial charge in [-0.05, 0) is 48.9 Å². The van der Waals surface area contributed by atoms with Crippen LogP contribution >= 0.6 is 27.5 Å². The van der Waals surface area contributed by atoms with E-state index in [1.807, 2.05) is 62.4 Å². The van der Waals surface area contributed by atoms with Gasteiger partial charge in [0.15, 0.2) is 0 Å². The van der Waals surface area contributed by atoms with E-state index in [-0.39, 0.29) is 11.5 Å². The molecule has 5 nitrogen and oxygen atoms in total. The molecule has 0 radical (unpaired) electrons. The van der Waals surface area contributed by atoms with Gasteiger partial charge in [0, 0.05) is 44.1 Å². The minimum Gasteiger partial charge on any atom is -0.340 e. The number of rotatable bonds is 5. The molecule has 0 bridgehead atoms. The first-order valence-corrected chi connectivity index (χ1v) is 12.6. The van der Waals surface area contributed by atoms with Crippen molar-refractivity contribution in [1.29, 1.82) is 0 Å². The lowest BCUT2D eigenvalue weighted by Gasteiger charge is -2.12. The second-order valence-corrected chi connectivity index (χ2v) is 10.2. The topological polar surface area (TPSA) is 52.2 Å². The summed E-state index contributed by atoms with van der Waals surface area (Å²) in [7, 11) is 0. The Bertz CT molecular complexity index is 1650. The molecule has 7 heteroatoms. The Balaban J connectivity index is 1.65. The highest BCUT2D eigenvalue weighted by Crippen LogP contribution is 2.26. The van der Waals surface area contributed by atoms with Crippen molar-refractivity contribution in [2.24, 2.45) is 5.10 Å². The zero-order valence-corrected chi connectivity index (χ0v) is 22.0. The second kappa shape index (κ2) is 9.44. The third kappa shape index (κ3) is 4.44. The van der Waals surface area contributed by atoms with E-state index in [4.69, 9.17) is 21.7 Å². The molecule has 0 saturated carbocycles. The molecule has 35 heavy (non-hydrogen) atoms. The Morgan fingerprint density at radius 3 is 2.54 bits per heavy atom. The molecule has 0 aliphatic heterocycles. The Hall–Kier alpha value is -3.22. The van der Waals surface area contributed by atoms with Crippen LogP contribution < -0.4 is 5.56 Å². The van der Waals surface area contributed by atoms with E-state index in [0.29, 0.717) is 23.3 Å². The number of halogens is 2. The molecule has 5 rings (SSSR count). The highest BCUT2D eigenvalue weighted by Gasteiger charge is 2.16. The predicted octanol–water partition coefficient (Wildman–Crippen LogP) is 7.13. The standard InChI is InChI=1S/C28H24BrClN4O/c1-17(2)27-32-25-13-10-20(29)14-23(25)28(35)34(27)31-15-24-18(3)33(26-7-5-4-6-22(24)26)16-19-8-11-21(30)12-9-19/h4-15,17H,16H2,1-3H3. The van der Waals surface area contributed by atoms with Crippen LogP contribution in [-0.4, -0.2) is 20.4 Å². The quantitative estimate of drug-likeness (QED) is 0.220. The fourth-order valence-electron chi connectivity index (χ4n) is 4.36. The summed E-state index contributed by atoms with van der Waals surface area (Å²) in [4.78, 5) is 18.2. The molecule has 176 valence electrons. The zero-order chi connectivity index (χ0) is 24.7. The van der Waals surface area contributed by atoms with Gasteiger partial charge in [-0.15, -0.1) is 0 Å². The predicted molar refractivity (Wildman–Crippen MR) is 148 cm³/mol. The molecule has 2 aromatic heterocycles. The first-order valence-electron chi connectivity index (χ1n) is 11.4. The molecule has 0 atom stereocenters. The van der Waals surface area contributed by atoms with Gasteiger partial charge in [-0.3, -0.25) is 4.79 Å². The Morgan fingerprint density at radius 2 is 1.80 bits per heavy atom. The van der Waals surface area contributed by atoms with Crippen molar-refractivity contribution in [3.63, 3.8) is 0 Å². The van der Waals surface area contributed by atoms with Crippen molar-refractivity contribution in [3.05, 3.63) is 109 Å². The molecule has 0 saturated heterocycles. The van der Waals surface area contributed by atoms with E-state index in [1.165, 1.54) is 4.68 Å². The van der Waals surface area contributed by atoms with Gasteiger partial charge in [0.2, 0.25) is 0 Å². The number of hydrogen-bond acceptors (Lipinski definition) is 3. The van der Waals surface area contributed by atoms with Crippen molar-refractivity contribution in [2.45, 2.75) is 33.2 Å². The van der Waals surface area contributed by atoms with Crippen LogP contribution in [0.15, 0.2) is 81.1 Å². The monoisotopic (exact) mass is 546 g/mol. The van der Waals surface area contributed by atoms with Crippen LogP contribution in [0.25, 0.3) is 21.8 Å². The average molecular weight is 548 g/mol. The van der Waals surface area contributed by atoms with Crippen molar-refractivity contribution >= 4 is 55.6 Å². The normalized spacial score (nSPS) is 11.9. The van der Waals surface area contributed by atoms with Crippen LogP contribution in [-0.2, 0) is 6.54 Å². The maximum absolute atomic E-state index is 13.4. The Kier molecular flexibility index (Phi) is 6.34. The van der Waals surface area contributed by atoms with Crippen molar-refractivity contribution < 1.29 is 0 Å². The maximum Gasteiger partial charge on any atom is 0.282 e. The summed E-state index contributed by atoms with van der Waals surface area (Å²) < 4.78 is 4.53. The van der Waals surface area contributed by atoms with Gasteiger partial charge in [-0.1, -0.05) is 71.7 Å². The molecule has 0 fully saturated rings. The van der Waals surface area contributed by atoms with Crippen molar-refractivity contribution in [1.82, 2.24) is 14.2 Å². The Labute approximate surface area is 216 Å². The van der Waals surface area contributed by atoms with Crippen molar-refractivity contribution in [2.75, 3.05) is 0 Å². The summed E-state index contributed by atoms with van der Waals surface area (Å²) in [6.07, 6.45) is 1.79. The van der Waals surface area contributed by atoms with Crippen LogP contribution in [0.2, 0.25) is 5.02 Å². The largest absolute Gasteiger partial charge is 0.340 e. The first kappa shape index (κ1) is 23.5. The van der Waals surface area contributed by atoms with Crippen molar-refractivity contribution in [3.8, 4) is 0 Å². The number of para-hydroxylation sites is 1. The van der Waals surface area contributed by atoms with Crippen LogP contribution in [0, 0.1) is 6.92 Å². The lowest BCUT2D eigenvalue weighted by atomic mass is 10.1. The highest BCUT2D eigenvalue weighted by atomic mass is 79.9. The second-order valence-electron chi connectivity index (χ2n) is 8.88. The minimum absolute atomic E-state index is 0.0280. The lowest BCUT2D eigenvalue weighted by molar-refractivity contribution is 0.665. The third-order valence-corrected chi connectivity index (χ3v) is 6.93. The van der Waals surface area contributed by atoms with E-state index in [0.717, 1.165) is 37.2 Å². The van der Waals surface area contributed by atoms with Gasteiger partial charge < -0.3 is 4.57 Å². The summed E-state index contributed by atoms with van der Waals surface area (Å²) in [6, 6.07) is 21.7. The van der Waals surface area contributed by atoms with Crippen LogP contribution in [0.4, 0.5) is 0 Å². The molecule has 5 aromatic rings. The van der Waals surface area contributed by atoms with Gasteiger partial charge >= 0.3 is 0 Å². The molecule has 2 heterocycles. The molecular weight excluding hydrogens is 524 g/mol. The molecule has 0 amide bonds. The fraction of sp³-hybridized carbons (Fsp3) is 0.179. The summed E-state index contributed by atoms with van der Waals surface area (Å²) >= 11 is 9.54. The summed E-state index contributed by atoms with van der Waals surface area (Å²) in [5.74, 6) is 0.656. The smallest absolute Gasteiger partial charge is 0.282 e. The van der Waals surface area contributed by atoms with Crippen LogP contribution in [0.5, 0.6) is 0 Å². The molecule has 0 unspecified atom stereocenters. The highest BCUT2D eigenvalue weighted by molar-refractivity contribution is 9.10. The zero-order valence-electron chi connectivity index (χ0n) is 19.7. The van der Waals surface area contributed by atoms with E-state index >= 15 is 0 Å². The summed E-state index contributed by atoms with van der Waals surface area (Å²) in [5.41, 5.74) is 4.80. The van der Waals surface area contributed by atoms with Gasteiger partial charge in [0.05, 0.1) is 17.1 Å². The molecule has 0 spiro atoms. The number of hydrogen-bond donors (Lipinski definition) is 0. The van der Waals surface area contributed by atoms with E-state index in [1.54, 1.807) is 12.3 Å². The van der Waals surface area contributed by atoms with E-state index in [9.17, 15) is 4.79 Å². The Morgan fingerprint density at radius 1 is 1.06 bits per heavy atom. The minimum atomic E-state index is -0.182. The van der Waals surface area contributed by atoms with Gasteiger partial charge in [0.1, 0.15) is 5.82 Å². The summed E-state index contributed by atoms with van der Waals surface area (Å²) in [5, 5.41) is 7.02. The van der Waals surface area contributed by atoms with Crippen LogP contribution in [0.1, 0.15) is 42.4 Å². The number of benzene rings is 3. The lowest BCUT2D eigenvalue weighted by Crippen LogP contribution is -2.23. The molecule has 3 aromatic carbocycles. The first-order chi connectivity index (χ1) is 16.8. The fourth-order valence-corrected chi connectivity index (χ4v) is 4.85. The van der Waals surface area contributed by atoms with E-state index < -0.39 is 0 Å². The van der Waals surface area contributed by atoms with Crippen LogP contribution in [0.3, 0.4) is 0 Å². The van der Waals surface area contributed by atoms with Gasteiger partial charge in [-0.25, -0.2) is 4.98 Å². The number of nitrogens with zero attached hydrogens (tertiary/aromatic N) is 4. The molecule has 0 N–H and O–H groups in total. The van der Waals surface area contributed by atoms with E-state index in [2.05, 4.69) is 39.6 Å². The van der Waals surface area contributed by atoms with Gasteiger partial charge in [-0.2, -0.15) is 9.78 Å². The SMILES string of the molecule is Cc1c(C=Nn2c(C(C)C)nc3ccc(Br)cc3c2=O)c2ccccc2n1Cc1ccc(Cl)cc1.